The van der Waals surface area contributed by atoms with E-state index in [0.29, 0.717) is 6.54 Å². The molecule has 0 spiro atoms. The van der Waals surface area contributed by atoms with Gasteiger partial charge in [-0.1, -0.05) is 25.3 Å². The van der Waals surface area contributed by atoms with Crippen molar-refractivity contribution in [3.63, 3.8) is 0 Å². The van der Waals surface area contributed by atoms with E-state index in [2.05, 4.69) is 21.2 Å². The highest BCUT2D eigenvalue weighted by molar-refractivity contribution is 5.85. The molecule has 3 aliphatic rings. The van der Waals surface area contributed by atoms with E-state index in [4.69, 9.17) is 10.5 Å². The van der Waals surface area contributed by atoms with Crippen molar-refractivity contribution >= 4 is 42.1 Å². The normalized spacial score (nSPS) is 21.0. The average Bonchev–Trinajstić information content (AvgIpc) is 2.74. The van der Waals surface area contributed by atoms with Crippen LogP contribution in [0, 0.1) is 0 Å². The summed E-state index contributed by atoms with van der Waals surface area (Å²) in [6.07, 6.45) is 8.23. The van der Waals surface area contributed by atoms with Crippen molar-refractivity contribution in [1.29, 1.82) is 0 Å². The van der Waals surface area contributed by atoms with Gasteiger partial charge in [-0.2, -0.15) is 0 Å². The summed E-state index contributed by atoms with van der Waals surface area (Å²) in [5, 5.41) is 3.29. The van der Waals surface area contributed by atoms with Crippen LogP contribution < -0.4 is 16.0 Å². The van der Waals surface area contributed by atoms with Gasteiger partial charge in [0.15, 0.2) is 0 Å². The Labute approximate surface area is 192 Å². The molecule has 3 N–H and O–H groups in total. The zero-order chi connectivity index (χ0) is 19.4. The lowest BCUT2D eigenvalue weighted by Gasteiger charge is -2.48. The number of amides is 1. The maximum Gasteiger partial charge on any atom is 0.239 e. The van der Waals surface area contributed by atoms with Crippen molar-refractivity contribution in [3.8, 4) is 0 Å². The molecule has 4 rings (SSSR count). The van der Waals surface area contributed by atoms with Gasteiger partial charge in [-0.05, 0) is 43.4 Å². The van der Waals surface area contributed by atoms with Crippen LogP contribution in [0.5, 0.6) is 0 Å². The summed E-state index contributed by atoms with van der Waals surface area (Å²) in [7, 11) is 0. The van der Waals surface area contributed by atoms with E-state index in [0.717, 1.165) is 63.6 Å². The number of fused-ring (bicyclic) bond motifs is 1. The smallest absolute Gasteiger partial charge is 0.239 e. The summed E-state index contributed by atoms with van der Waals surface area (Å²) in [6.45, 7) is 5.66. The van der Waals surface area contributed by atoms with E-state index in [9.17, 15) is 4.79 Å². The largest absolute Gasteiger partial charge is 0.398 e. The molecule has 0 radical (unpaired) electrons. The Bertz CT molecular complexity index is 692. The molecule has 2 heterocycles. The molecule has 0 aromatic heterocycles. The number of hydrogen-bond donors (Lipinski definition) is 2. The van der Waals surface area contributed by atoms with E-state index in [1.165, 1.54) is 37.7 Å². The minimum atomic E-state index is 0. The van der Waals surface area contributed by atoms with Crippen molar-refractivity contribution in [2.24, 2.45) is 0 Å². The minimum absolute atomic E-state index is 0. The molecule has 1 aromatic carbocycles. The summed E-state index contributed by atoms with van der Waals surface area (Å²) in [6, 6.07) is 6.03. The van der Waals surface area contributed by atoms with Gasteiger partial charge in [0.05, 0.1) is 19.8 Å². The molecule has 0 bridgehead atoms. The molecule has 170 valence electrons. The van der Waals surface area contributed by atoms with Gasteiger partial charge in [-0.25, -0.2) is 0 Å². The molecule has 0 unspecified atom stereocenters. The summed E-state index contributed by atoms with van der Waals surface area (Å²) >= 11 is 0. The van der Waals surface area contributed by atoms with Gasteiger partial charge >= 0.3 is 0 Å². The maximum absolute atomic E-state index is 12.8. The van der Waals surface area contributed by atoms with Crippen molar-refractivity contribution in [3.05, 3.63) is 23.8 Å². The van der Waals surface area contributed by atoms with Crippen molar-refractivity contribution < 1.29 is 9.53 Å². The molecule has 1 saturated heterocycles. The van der Waals surface area contributed by atoms with Crippen LogP contribution >= 0.6 is 24.8 Å². The number of anilines is 2. The lowest BCUT2D eigenvalue weighted by Crippen LogP contribution is -2.60. The van der Waals surface area contributed by atoms with E-state index in [-0.39, 0.29) is 36.3 Å². The number of halogens is 2. The number of carbonyl (C=O) groups is 1. The van der Waals surface area contributed by atoms with Gasteiger partial charge in [0.2, 0.25) is 5.91 Å². The fourth-order valence-electron chi connectivity index (χ4n) is 5.24. The van der Waals surface area contributed by atoms with E-state index >= 15 is 0 Å². The zero-order valence-corrected chi connectivity index (χ0v) is 19.4. The summed E-state index contributed by atoms with van der Waals surface area (Å²) in [5.41, 5.74) is 9.42. The monoisotopic (exact) mass is 458 g/mol. The topological polar surface area (TPSA) is 70.8 Å². The summed E-state index contributed by atoms with van der Waals surface area (Å²) in [4.78, 5) is 17.6. The predicted octanol–water partition coefficient (Wildman–Crippen LogP) is 3.02. The first-order chi connectivity index (χ1) is 13.7. The molecule has 1 aromatic rings. The second-order valence-corrected chi connectivity index (χ2v) is 8.53. The Morgan fingerprint density at radius 3 is 2.53 bits per heavy atom. The number of rotatable bonds is 5. The third kappa shape index (κ3) is 5.52. The fraction of sp³-hybridized carbons (Fsp3) is 0.682. The highest BCUT2D eigenvalue weighted by Crippen LogP contribution is 2.34. The molecule has 1 amide bonds. The molecule has 1 saturated carbocycles. The Morgan fingerprint density at radius 2 is 1.80 bits per heavy atom. The highest BCUT2D eigenvalue weighted by atomic mass is 35.5. The number of ether oxygens (including phenoxy) is 1. The molecular formula is C22H36Cl2N4O2. The Kier molecular flexibility index (Phi) is 9.54. The third-order valence-corrected chi connectivity index (χ3v) is 6.80. The lowest BCUT2D eigenvalue weighted by atomic mass is 9.79. The maximum atomic E-state index is 12.8. The number of nitrogens with zero attached hydrogens (tertiary/aromatic N) is 2. The number of nitrogens with one attached hydrogen (secondary N) is 1. The van der Waals surface area contributed by atoms with Crippen LogP contribution in [0.15, 0.2) is 18.2 Å². The number of morpholine rings is 1. The molecule has 30 heavy (non-hydrogen) atoms. The second-order valence-electron chi connectivity index (χ2n) is 8.53. The summed E-state index contributed by atoms with van der Waals surface area (Å²) in [5.74, 6) is 0.119. The lowest BCUT2D eigenvalue weighted by molar-refractivity contribution is -0.121. The SMILES string of the molecule is Cl.Cl.Nc1cccc2c1CCCN2CC(=O)NCC1(N2CCOCC2)CCCCC1. The highest BCUT2D eigenvalue weighted by Gasteiger charge is 2.38. The first-order valence-corrected chi connectivity index (χ1v) is 10.9. The number of carbonyl (C=O) groups excluding carboxylic acids is 1. The second kappa shape index (κ2) is 11.4. The van der Waals surface area contributed by atoms with Crippen LogP contribution in [0.2, 0.25) is 0 Å². The van der Waals surface area contributed by atoms with Gasteiger partial charge in [0.1, 0.15) is 0 Å². The number of hydrogen-bond acceptors (Lipinski definition) is 5. The van der Waals surface area contributed by atoms with Crippen LogP contribution in [0.3, 0.4) is 0 Å². The predicted molar refractivity (Wildman–Crippen MR) is 127 cm³/mol. The summed E-state index contributed by atoms with van der Waals surface area (Å²) < 4.78 is 5.56. The number of benzene rings is 1. The Morgan fingerprint density at radius 1 is 1.07 bits per heavy atom. The van der Waals surface area contributed by atoms with Gasteiger partial charge in [-0.3, -0.25) is 9.69 Å². The molecule has 6 nitrogen and oxygen atoms in total. The van der Waals surface area contributed by atoms with E-state index < -0.39 is 0 Å². The minimum Gasteiger partial charge on any atom is -0.398 e. The zero-order valence-electron chi connectivity index (χ0n) is 17.7. The first kappa shape index (κ1) is 25.1. The number of nitrogens with two attached hydrogens (primary N) is 1. The van der Waals surface area contributed by atoms with E-state index in [1.54, 1.807) is 0 Å². The van der Waals surface area contributed by atoms with Crippen LogP contribution in [-0.2, 0) is 16.0 Å². The quantitative estimate of drug-likeness (QED) is 0.663. The molecule has 2 aliphatic heterocycles. The molecule has 0 atom stereocenters. The van der Waals surface area contributed by atoms with Crippen LogP contribution in [-0.4, -0.2) is 62.3 Å². The molecular weight excluding hydrogens is 423 g/mol. The van der Waals surface area contributed by atoms with Gasteiger partial charge in [-0.15, -0.1) is 24.8 Å². The molecule has 2 fully saturated rings. The number of nitrogen functional groups attached to an aromatic ring is 1. The van der Waals surface area contributed by atoms with E-state index in [1.807, 2.05) is 12.1 Å². The standard InChI is InChI=1S/C22H34N4O2.2ClH/c23-19-7-4-8-20-18(19)6-5-11-25(20)16-21(27)24-17-22(9-2-1-3-10-22)26-12-14-28-15-13-26;;/h4,7-8H,1-3,5-6,9-17,23H2,(H,24,27);2*1H. The van der Waals surface area contributed by atoms with Gasteiger partial charge in [0.25, 0.3) is 0 Å². The van der Waals surface area contributed by atoms with Crippen molar-refractivity contribution in [1.82, 2.24) is 10.2 Å². The average molecular weight is 459 g/mol. The van der Waals surface area contributed by atoms with Crippen LogP contribution in [0.25, 0.3) is 0 Å². The Balaban J connectivity index is 0.00000160. The van der Waals surface area contributed by atoms with Crippen molar-refractivity contribution in [2.45, 2.75) is 50.5 Å². The fourth-order valence-corrected chi connectivity index (χ4v) is 5.24. The first-order valence-electron chi connectivity index (χ1n) is 10.9. The molecule has 1 aliphatic carbocycles. The van der Waals surface area contributed by atoms with Gasteiger partial charge < -0.3 is 20.7 Å². The van der Waals surface area contributed by atoms with Crippen LogP contribution in [0.1, 0.15) is 44.1 Å². The van der Waals surface area contributed by atoms with Gasteiger partial charge in [0, 0.05) is 43.1 Å². The molecule has 8 heteroatoms. The van der Waals surface area contributed by atoms with Crippen molar-refractivity contribution in [2.75, 3.05) is 56.6 Å². The third-order valence-electron chi connectivity index (χ3n) is 6.80. The van der Waals surface area contributed by atoms with Crippen LogP contribution in [0.4, 0.5) is 11.4 Å². The Hall–Kier alpha value is -1.21.